The summed E-state index contributed by atoms with van der Waals surface area (Å²) in [4.78, 5) is 32.6. The predicted octanol–water partition coefficient (Wildman–Crippen LogP) is 5.13. The van der Waals surface area contributed by atoms with E-state index in [1.54, 1.807) is 12.0 Å². The van der Waals surface area contributed by atoms with E-state index in [9.17, 15) is 9.59 Å². The number of nitrogens with one attached hydrogen (secondary N) is 1. The molecule has 3 unspecified atom stereocenters. The van der Waals surface area contributed by atoms with Crippen molar-refractivity contribution in [2.75, 3.05) is 26.0 Å². The van der Waals surface area contributed by atoms with Gasteiger partial charge in [0.15, 0.2) is 5.54 Å². The molecule has 3 heterocycles. The molecule has 6 nitrogen and oxygen atoms in total. The molecule has 3 aliphatic heterocycles. The molecule has 0 radical (unpaired) electrons. The lowest BCUT2D eigenvalue weighted by atomic mass is 9.72. The lowest BCUT2D eigenvalue weighted by molar-refractivity contribution is -0.138. The largest absolute Gasteiger partial charge is 0.497 e. The number of hydrogen-bond donors (Lipinski definition) is 1. The molecule has 6 rings (SSSR count). The number of fused-ring (bicyclic) bond motifs is 3. The quantitative estimate of drug-likeness (QED) is 0.423. The number of hydrogen-bond acceptors (Lipinski definition) is 6. The van der Waals surface area contributed by atoms with Gasteiger partial charge >= 0.3 is 0 Å². The number of likely N-dealkylation sites (N-methyl/N-ethyl adjacent to an activating group) is 1. The molecule has 2 saturated heterocycles. The van der Waals surface area contributed by atoms with E-state index < -0.39 is 10.3 Å². The van der Waals surface area contributed by atoms with Gasteiger partial charge in [0.1, 0.15) is 14.8 Å². The Morgan fingerprint density at radius 2 is 1.84 bits per heavy atom. The van der Waals surface area contributed by atoms with Crippen molar-refractivity contribution < 1.29 is 14.3 Å². The number of rotatable bonds is 4. The van der Waals surface area contributed by atoms with Gasteiger partial charge in [-0.05, 0) is 48.5 Å². The Bertz CT molecular complexity index is 1430. The monoisotopic (exact) mass is 593 g/mol. The van der Waals surface area contributed by atoms with E-state index in [2.05, 4.69) is 21.2 Å². The first-order valence-corrected chi connectivity index (χ1v) is 13.9. The van der Waals surface area contributed by atoms with Gasteiger partial charge in [0, 0.05) is 28.2 Å². The summed E-state index contributed by atoms with van der Waals surface area (Å²) in [5.74, 6) is 0.0949. The predicted molar refractivity (Wildman–Crippen MR) is 153 cm³/mol. The number of benzene rings is 3. The molecular formula is C28H24BrN3O3S2. The zero-order valence-electron chi connectivity index (χ0n) is 20.2. The number of likely N-dealkylation sites (tertiary alicyclic amines) is 1. The van der Waals surface area contributed by atoms with Crippen LogP contribution in [0.15, 0.2) is 77.3 Å². The molecule has 9 heteroatoms. The standard InChI is InChI=1S/C28H24BrN3O3S2/c1-31-16-22(18-8-11-20(35-2)12-9-18)28(27(31)21-14-19(29)10-13-23(21)30-24(27)33)25(34)32(26(36)37-28)15-17-6-4-3-5-7-17/h3-14,22H,15-16H2,1-2H3,(H,30,33). The highest BCUT2D eigenvalue weighted by molar-refractivity contribution is 9.10. The van der Waals surface area contributed by atoms with E-state index in [0.717, 1.165) is 32.6 Å². The van der Waals surface area contributed by atoms with Crippen molar-refractivity contribution in [3.63, 3.8) is 0 Å². The van der Waals surface area contributed by atoms with Crippen LogP contribution in [-0.2, 0) is 21.7 Å². The number of carbonyl (C=O) groups is 2. The van der Waals surface area contributed by atoms with Crippen LogP contribution in [0.1, 0.15) is 22.6 Å². The summed E-state index contributed by atoms with van der Waals surface area (Å²) in [6.45, 7) is 0.863. The molecule has 3 aromatic rings. The highest BCUT2D eigenvalue weighted by Crippen LogP contribution is 2.66. The van der Waals surface area contributed by atoms with E-state index in [0.29, 0.717) is 17.4 Å². The Kier molecular flexibility index (Phi) is 5.95. The van der Waals surface area contributed by atoms with E-state index >= 15 is 0 Å². The van der Waals surface area contributed by atoms with Crippen LogP contribution < -0.4 is 10.1 Å². The minimum Gasteiger partial charge on any atom is -0.497 e. The molecule has 37 heavy (non-hydrogen) atoms. The molecule has 1 N–H and O–H groups in total. The molecule has 3 aromatic carbocycles. The number of ether oxygens (including phenoxy) is 1. The SMILES string of the molecule is COc1ccc(C2CN(C)C3(C(=O)Nc4ccc(Br)cc43)C23SC(=S)N(Cc2ccccc2)C3=O)cc1. The minimum absolute atomic E-state index is 0.139. The number of thioether (sulfide) groups is 1. The molecular weight excluding hydrogens is 570 g/mol. The van der Waals surface area contributed by atoms with Gasteiger partial charge in [-0.15, -0.1) is 0 Å². The maximum atomic E-state index is 14.8. The minimum atomic E-state index is -1.24. The molecule has 0 aliphatic carbocycles. The lowest BCUT2D eigenvalue weighted by Crippen LogP contribution is -2.61. The van der Waals surface area contributed by atoms with Gasteiger partial charge in [0.2, 0.25) is 5.91 Å². The van der Waals surface area contributed by atoms with Crippen LogP contribution in [0.25, 0.3) is 0 Å². The van der Waals surface area contributed by atoms with Crippen LogP contribution in [-0.4, -0.2) is 51.4 Å². The van der Waals surface area contributed by atoms with Gasteiger partial charge in [-0.25, -0.2) is 0 Å². The second kappa shape index (κ2) is 8.94. The lowest BCUT2D eigenvalue weighted by Gasteiger charge is -2.41. The van der Waals surface area contributed by atoms with Crippen molar-refractivity contribution in [3.8, 4) is 5.75 Å². The van der Waals surface area contributed by atoms with E-state index in [-0.39, 0.29) is 17.7 Å². The van der Waals surface area contributed by atoms with Crippen LogP contribution in [0.2, 0.25) is 0 Å². The number of halogens is 1. The van der Waals surface area contributed by atoms with Crippen LogP contribution in [0, 0.1) is 0 Å². The first-order chi connectivity index (χ1) is 17.8. The summed E-state index contributed by atoms with van der Waals surface area (Å²) >= 11 is 10.8. The second-order valence-electron chi connectivity index (χ2n) is 9.54. The Morgan fingerprint density at radius 3 is 2.54 bits per heavy atom. The summed E-state index contributed by atoms with van der Waals surface area (Å²) in [5, 5.41) is 3.08. The smallest absolute Gasteiger partial charge is 0.251 e. The van der Waals surface area contributed by atoms with Crippen molar-refractivity contribution in [2.45, 2.75) is 22.7 Å². The van der Waals surface area contributed by atoms with Gasteiger partial charge in [-0.1, -0.05) is 82.4 Å². The molecule has 188 valence electrons. The number of carbonyl (C=O) groups excluding carboxylic acids is 2. The molecule has 2 amide bonds. The number of amides is 2. The fraction of sp³-hybridized carbons (Fsp3) is 0.250. The average molecular weight is 595 g/mol. The zero-order chi connectivity index (χ0) is 25.9. The number of methoxy groups -OCH3 is 1. The Hall–Kier alpha value is -2.72. The number of anilines is 1. The first-order valence-electron chi connectivity index (χ1n) is 11.9. The van der Waals surface area contributed by atoms with Crippen molar-refractivity contribution in [1.29, 1.82) is 0 Å². The van der Waals surface area contributed by atoms with Gasteiger partial charge in [0.05, 0.1) is 13.7 Å². The molecule has 2 fully saturated rings. The van der Waals surface area contributed by atoms with Gasteiger partial charge < -0.3 is 10.1 Å². The summed E-state index contributed by atoms with van der Waals surface area (Å²) in [6.07, 6.45) is 0. The third-order valence-electron chi connectivity index (χ3n) is 7.74. The molecule has 3 atom stereocenters. The number of nitrogens with zero attached hydrogens (tertiary/aromatic N) is 2. The average Bonchev–Trinajstić information content (AvgIpc) is 3.44. The molecule has 0 bridgehead atoms. The first kappa shape index (κ1) is 24.6. The van der Waals surface area contributed by atoms with Gasteiger partial charge in [-0.3, -0.25) is 19.4 Å². The molecule has 0 saturated carbocycles. The second-order valence-corrected chi connectivity index (χ2v) is 12.3. The Balaban J connectivity index is 1.57. The summed E-state index contributed by atoms with van der Waals surface area (Å²) < 4.78 is 5.51. The maximum absolute atomic E-state index is 14.8. The van der Waals surface area contributed by atoms with Gasteiger partial charge in [-0.2, -0.15) is 0 Å². The van der Waals surface area contributed by atoms with Crippen molar-refractivity contribution in [2.24, 2.45) is 0 Å². The molecule has 3 aliphatic rings. The van der Waals surface area contributed by atoms with Crippen molar-refractivity contribution in [3.05, 3.63) is 94.0 Å². The number of thiocarbonyl (C=S) groups is 1. The van der Waals surface area contributed by atoms with Crippen LogP contribution in [0.4, 0.5) is 5.69 Å². The summed E-state index contributed by atoms with van der Waals surface area (Å²) in [5.41, 5.74) is 2.21. The topological polar surface area (TPSA) is 61.9 Å². The zero-order valence-corrected chi connectivity index (χ0v) is 23.5. The highest BCUT2D eigenvalue weighted by Gasteiger charge is 2.77. The van der Waals surface area contributed by atoms with Gasteiger partial charge in [0.25, 0.3) is 5.91 Å². The highest BCUT2D eigenvalue weighted by atomic mass is 79.9. The van der Waals surface area contributed by atoms with Crippen LogP contribution in [0.5, 0.6) is 5.75 Å². The fourth-order valence-electron chi connectivity index (χ4n) is 6.13. The van der Waals surface area contributed by atoms with Crippen LogP contribution >= 0.6 is 39.9 Å². The van der Waals surface area contributed by atoms with Crippen LogP contribution in [0.3, 0.4) is 0 Å². The fourth-order valence-corrected chi connectivity index (χ4v) is 8.62. The third kappa shape index (κ3) is 3.37. The van der Waals surface area contributed by atoms with E-state index in [1.807, 2.05) is 84.7 Å². The van der Waals surface area contributed by atoms with Crippen molar-refractivity contribution >= 4 is 61.7 Å². The summed E-state index contributed by atoms with van der Waals surface area (Å²) in [6, 6.07) is 23.3. The maximum Gasteiger partial charge on any atom is 0.251 e. The third-order valence-corrected chi connectivity index (χ3v) is 10.2. The normalized spacial score (nSPS) is 26.8. The molecule has 2 spiro atoms. The van der Waals surface area contributed by atoms with E-state index in [1.165, 1.54) is 11.8 Å². The van der Waals surface area contributed by atoms with E-state index in [4.69, 9.17) is 17.0 Å². The van der Waals surface area contributed by atoms with Crippen molar-refractivity contribution in [1.82, 2.24) is 9.80 Å². The molecule has 0 aromatic heterocycles. The Morgan fingerprint density at radius 1 is 1.11 bits per heavy atom. The summed E-state index contributed by atoms with van der Waals surface area (Å²) in [7, 11) is 3.56. The Labute approximate surface area is 233 Å².